The van der Waals surface area contributed by atoms with Crippen LogP contribution in [0.15, 0.2) is 64.4 Å². The van der Waals surface area contributed by atoms with Crippen LogP contribution >= 0.6 is 11.8 Å². The largest absolute Gasteiger partial charge is 0.411 e. The van der Waals surface area contributed by atoms with E-state index < -0.39 is 6.09 Å². The van der Waals surface area contributed by atoms with Crippen molar-refractivity contribution in [2.75, 3.05) is 0 Å². The normalized spacial score (nSPS) is 10.6. The predicted octanol–water partition coefficient (Wildman–Crippen LogP) is 3.78. The monoisotopic (exact) mass is 284 g/mol. The third kappa shape index (κ3) is 2.48. The van der Waals surface area contributed by atoms with Crippen molar-refractivity contribution in [3.63, 3.8) is 0 Å². The molecule has 3 N–H and O–H groups in total. The first kappa shape index (κ1) is 12.6. The zero-order chi connectivity index (χ0) is 13.9. The number of primary amides is 1. The molecule has 3 aromatic rings. The second kappa shape index (κ2) is 5.30. The molecule has 0 saturated carbocycles. The van der Waals surface area contributed by atoms with Crippen LogP contribution in [-0.4, -0.2) is 11.1 Å². The Hall–Kier alpha value is -2.40. The summed E-state index contributed by atoms with van der Waals surface area (Å²) < 4.78 is 5.07. The second-order valence-electron chi connectivity index (χ2n) is 4.17. The quantitative estimate of drug-likeness (QED) is 0.769. The number of amides is 1. The summed E-state index contributed by atoms with van der Waals surface area (Å²) >= 11 is 1.53. The lowest BCUT2D eigenvalue weighted by molar-refractivity contribution is 0.208. The molecule has 100 valence electrons. The number of carbonyl (C=O) groups excluding carboxylic acids is 1. The SMILES string of the molecule is NC(=O)Oc1[nH]c2ccccc2c1Sc1ccccc1. The van der Waals surface area contributed by atoms with Crippen LogP contribution in [0.25, 0.3) is 10.9 Å². The van der Waals surface area contributed by atoms with E-state index in [-0.39, 0.29) is 0 Å². The van der Waals surface area contributed by atoms with Gasteiger partial charge in [0, 0.05) is 15.8 Å². The maximum Gasteiger partial charge on any atom is 0.411 e. The number of hydrogen-bond acceptors (Lipinski definition) is 3. The number of rotatable bonds is 3. The van der Waals surface area contributed by atoms with E-state index in [9.17, 15) is 4.79 Å². The fraction of sp³-hybridized carbons (Fsp3) is 0. The minimum Gasteiger partial charge on any atom is -0.392 e. The van der Waals surface area contributed by atoms with Gasteiger partial charge >= 0.3 is 6.09 Å². The molecular weight excluding hydrogens is 272 g/mol. The number of nitrogens with one attached hydrogen (secondary N) is 1. The van der Waals surface area contributed by atoms with Crippen LogP contribution in [-0.2, 0) is 0 Å². The Morgan fingerprint density at radius 2 is 1.75 bits per heavy atom. The highest BCUT2D eigenvalue weighted by Gasteiger charge is 2.15. The number of aromatic nitrogens is 1. The topological polar surface area (TPSA) is 68.1 Å². The lowest BCUT2D eigenvalue weighted by Gasteiger charge is -2.03. The zero-order valence-corrected chi connectivity index (χ0v) is 11.3. The van der Waals surface area contributed by atoms with Crippen molar-refractivity contribution in [3.05, 3.63) is 54.6 Å². The molecule has 1 aromatic heterocycles. The molecule has 2 aromatic carbocycles. The molecule has 0 radical (unpaired) electrons. The number of para-hydroxylation sites is 1. The van der Waals surface area contributed by atoms with Crippen LogP contribution in [0, 0.1) is 0 Å². The summed E-state index contributed by atoms with van der Waals surface area (Å²) in [6, 6.07) is 17.7. The van der Waals surface area contributed by atoms with Gasteiger partial charge in [-0.1, -0.05) is 48.2 Å². The number of benzene rings is 2. The van der Waals surface area contributed by atoms with E-state index in [4.69, 9.17) is 10.5 Å². The molecule has 0 fully saturated rings. The van der Waals surface area contributed by atoms with E-state index in [0.29, 0.717) is 5.88 Å². The van der Waals surface area contributed by atoms with Crippen molar-refractivity contribution in [3.8, 4) is 5.88 Å². The summed E-state index contributed by atoms with van der Waals surface area (Å²) in [4.78, 5) is 16.0. The summed E-state index contributed by atoms with van der Waals surface area (Å²) in [7, 11) is 0. The van der Waals surface area contributed by atoms with Gasteiger partial charge in [0.25, 0.3) is 0 Å². The van der Waals surface area contributed by atoms with Crippen molar-refractivity contribution in [1.82, 2.24) is 4.98 Å². The molecule has 0 atom stereocenters. The molecule has 0 aliphatic carbocycles. The van der Waals surface area contributed by atoms with Gasteiger partial charge in [-0.25, -0.2) is 4.79 Å². The third-order valence-electron chi connectivity index (χ3n) is 2.79. The Kier molecular flexibility index (Phi) is 3.35. The fourth-order valence-electron chi connectivity index (χ4n) is 1.97. The van der Waals surface area contributed by atoms with Crippen LogP contribution in [0.3, 0.4) is 0 Å². The number of aromatic amines is 1. The van der Waals surface area contributed by atoms with Crippen LogP contribution in [0.4, 0.5) is 4.79 Å². The third-order valence-corrected chi connectivity index (χ3v) is 3.91. The van der Waals surface area contributed by atoms with E-state index in [2.05, 4.69) is 4.98 Å². The van der Waals surface area contributed by atoms with E-state index in [1.807, 2.05) is 54.6 Å². The summed E-state index contributed by atoms with van der Waals surface area (Å²) in [6.07, 6.45) is -0.827. The molecule has 0 saturated heterocycles. The highest BCUT2D eigenvalue weighted by Crippen LogP contribution is 2.40. The molecule has 0 unspecified atom stereocenters. The van der Waals surface area contributed by atoms with Crippen LogP contribution in [0.1, 0.15) is 0 Å². The van der Waals surface area contributed by atoms with Gasteiger partial charge in [0.2, 0.25) is 5.88 Å². The highest BCUT2D eigenvalue weighted by atomic mass is 32.2. The van der Waals surface area contributed by atoms with Gasteiger partial charge in [-0.3, -0.25) is 0 Å². The highest BCUT2D eigenvalue weighted by molar-refractivity contribution is 7.99. The molecular formula is C15H12N2O2S. The number of hydrogen-bond donors (Lipinski definition) is 2. The van der Waals surface area contributed by atoms with Gasteiger partial charge in [0.05, 0.1) is 4.90 Å². The molecule has 0 aliphatic rings. The summed E-state index contributed by atoms with van der Waals surface area (Å²) in [5.41, 5.74) is 6.02. The van der Waals surface area contributed by atoms with E-state index in [1.165, 1.54) is 11.8 Å². The molecule has 0 aliphatic heterocycles. The number of carbonyl (C=O) groups is 1. The molecule has 20 heavy (non-hydrogen) atoms. The number of ether oxygens (including phenoxy) is 1. The lowest BCUT2D eigenvalue weighted by atomic mass is 10.2. The van der Waals surface area contributed by atoms with Crippen LogP contribution < -0.4 is 10.5 Å². The number of H-pyrrole nitrogens is 1. The number of nitrogens with two attached hydrogens (primary N) is 1. The summed E-state index contributed by atoms with van der Waals surface area (Å²) in [5, 5.41) is 0.998. The van der Waals surface area contributed by atoms with Gasteiger partial charge in [0.15, 0.2) is 0 Å². The molecule has 1 amide bonds. The van der Waals surface area contributed by atoms with Crippen molar-refractivity contribution in [2.24, 2.45) is 5.73 Å². The van der Waals surface area contributed by atoms with Gasteiger partial charge in [-0.15, -0.1) is 0 Å². The molecule has 4 nitrogen and oxygen atoms in total. The summed E-state index contributed by atoms with van der Waals surface area (Å²) in [6.45, 7) is 0. The fourth-order valence-corrected chi connectivity index (χ4v) is 2.97. The smallest absolute Gasteiger partial charge is 0.392 e. The van der Waals surface area contributed by atoms with E-state index >= 15 is 0 Å². The first-order valence-electron chi connectivity index (χ1n) is 6.05. The maximum atomic E-state index is 11.0. The van der Waals surface area contributed by atoms with Crippen molar-refractivity contribution < 1.29 is 9.53 Å². The number of fused-ring (bicyclic) bond motifs is 1. The van der Waals surface area contributed by atoms with Gasteiger partial charge in [-0.2, -0.15) is 0 Å². The van der Waals surface area contributed by atoms with Crippen molar-refractivity contribution in [1.29, 1.82) is 0 Å². The zero-order valence-electron chi connectivity index (χ0n) is 10.5. The maximum absolute atomic E-state index is 11.0. The molecule has 3 rings (SSSR count). The Balaban J connectivity index is 2.08. The minimum atomic E-state index is -0.827. The molecule has 0 spiro atoms. The Labute approximate surface area is 119 Å². The molecule has 0 bridgehead atoms. The minimum absolute atomic E-state index is 0.382. The first-order valence-corrected chi connectivity index (χ1v) is 6.86. The average Bonchev–Trinajstić information content (AvgIpc) is 2.77. The standard InChI is InChI=1S/C15H12N2O2S/c16-15(18)19-14-13(20-10-6-2-1-3-7-10)11-8-4-5-9-12(11)17-14/h1-9,17H,(H2,16,18). The average molecular weight is 284 g/mol. The Morgan fingerprint density at radius 1 is 1.05 bits per heavy atom. The van der Waals surface area contributed by atoms with Gasteiger partial charge in [0.1, 0.15) is 0 Å². The first-order chi connectivity index (χ1) is 9.74. The van der Waals surface area contributed by atoms with E-state index in [0.717, 1.165) is 20.7 Å². The van der Waals surface area contributed by atoms with Gasteiger partial charge < -0.3 is 15.5 Å². The predicted molar refractivity (Wildman–Crippen MR) is 79.1 cm³/mol. The van der Waals surface area contributed by atoms with Crippen LogP contribution in [0.2, 0.25) is 0 Å². The van der Waals surface area contributed by atoms with Gasteiger partial charge in [-0.05, 0) is 18.2 Å². The second-order valence-corrected chi connectivity index (χ2v) is 5.25. The molecule has 1 heterocycles. The van der Waals surface area contributed by atoms with Crippen molar-refractivity contribution in [2.45, 2.75) is 9.79 Å². The summed E-state index contributed by atoms with van der Waals surface area (Å²) in [5.74, 6) is 0.382. The Bertz CT molecular complexity index is 753. The van der Waals surface area contributed by atoms with E-state index in [1.54, 1.807) is 0 Å². The Morgan fingerprint density at radius 3 is 2.50 bits per heavy atom. The van der Waals surface area contributed by atoms with Crippen molar-refractivity contribution >= 4 is 28.8 Å². The van der Waals surface area contributed by atoms with Crippen LogP contribution in [0.5, 0.6) is 5.88 Å². The lowest BCUT2D eigenvalue weighted by Crippen LogP contribution is -2.16. The molecule has 5 heteroatoms.